The molecule has 0 unspecified atom stereocenters. The van der Waals surface area contributed by atoms with Crippen LogP contribution in [-0.2, 0) is 13.6 Å². The van der Waals surface area contributed by atoms with Crippen molar-refractivity contribution in [1.82, 2.24) is 19.7 Å². The molecule has 5 nitrogen and oxygen atoms in total. The van der Waals surface area contributed by atoms with E-state index in [1.54, 1.807) is 0 Å². The van der Waals surface area contributed by atoms with E-state index in [0.29, 0.717) is 0 Å². The molecule has 0 bridgehead atoms. The summed E-state index contributed by atoms with van der Waals surface area (Å²) < 4.78 is 2.06. The van der Waals surface area contributed by atoms with E-state index in [4.69, 9.17) is 16.6 Å². The summed E-state index contributed by atoms with van der Waals surface area (Å²) in [4.78, 5) is 9.48. The van der Waals surface area contributed by atoms with E-state index in [2.05, 4.69) is 40.6 Å². The average Bonchev–Trinajstić information content (AvgIpc) is 3.29. The molecular formula is C17H31ClIN5. The molecular weight excluding hydrogens is 437 g/mol. The van der Waals surface area contributed by atoms with Crippen LogP contribution in [-0.4, -0.2) is 59.6 Å². The standard InChI is InChI=1S/C17H30ClN5.HI/c1-5-19-17(20-9-10-23(6-2)15-7-8-15)22(4)13-16-11-14(18)12-21(16)3;/h11-12,15H,5-10,13H2,1-4H3,(H,19,20);1H. The second kappa shape index (κ2) is 10.5. The molecule has 1 heterocycles. The predicted octanol–water partition coefficient (Wildman–Crippen LogP) is 3.18. The fraction of sp³-hybridized carbons (Fsp3) is 0.706. The van der Waals surface area contributed by atoms with E-state index in [1.165, 1.54) is 18.5 Å². The summed E-state index contributed by atoms with van der Waals surface area (Å²) in [6, 6.07) is 2.81. The van der Waals surface area contributed by atoms with Crippen molar-refractivity contribution in [2.45, 2.75) is 39.3 Å². The van der Waals surface area contributed by atoms with E-state index in [1.807, 2.05) is 19.3 Å². The van der Waals surface area contributed by atoms with Crippen molar-refractivity contribution >= 4 is 41.5 Å². The minimum absolute atomic E-state index is 0. The first-order chi connectivity index (χ1) is 11.0. The Bertz CT molecular complexity index is 527. The highest BCUT2D eigenvalue weighted by Crippen LogP contribution is 2.25. The largest absolute Gasteiger partial charge is 0.357 e. The third kappa shape index (κ3) is 6.44. The number of nitrogens with zero attached hydrogens (tertiary/aromatic N) is 4. The minimum atomic E-state index is 0. The van der Waals surface area contributed by atoms with Crippen molar-refractivity contribution in [2.75, 3.05) is 33.2 Å². The van der Waals surface area contributed by atoms with Gasteiger partial charge in [0.05, 0.1) is 18.1 Å². The molecule has 0 amide bonds. The molecule has 1 aromatic rings. The predicted molar refractivity (Wildman–Crippen MR) is 114 cm³/mol. The van der Waals surface area contributed by atoms with Gasteiger partial charge in [0.15, 0.2) is 5.96 Å². The second-order valence-corrected chi connectivity index (χ2v) is 6.65. The van der Waals surface area contributed by atoms with Crippen LogP contribution in [0.1, 0.15) is 32.4 Å². The van der Waals surface area contributed by atoms with Crippen LogP contribution in [0.3, 0.4) is 0 Å². The van der Waals surface area contributed by atoms with Crippen LogP contribution in [0.5, 0.6) is 0 Å². The quantitative estimate of drug-likeness (QED) is 0.362. The summed E-state index contributed by atoms with van der Waals surface area (Å²) in [6.07, 6.45) is 4.64. The highest BCUT2D eigenvalue weighted by atomic mass is 127. The lowest BCUT2D eigenvalue weighted by Crippen LogP contribution is -2.39. The van der Waals surface area contributed by atoms with E-state index < -0.39 is 0 Å². The summed E-state index contributed by atoms with van der Waals surface area (Å²) >= 11 is 6.07. The van der Waals surface area contributed by atoms with Gasteiger partial charge in [-0.2, -0.15) is 0 Å². The lowest BCUT2D eigenvalue weighted by Gasteiger charge is -2.23. The maximum atomic E-state index is 6.07. The molecule has 0 aromatic carbocycles. The molecule has 0 aliphatic heterocycles. The molecule has 1 aliphatic carbocycles. The molecule has 1 saturated carbocycles. The Labute approximate surface area is 168 Å². The zero-order valence-corrected chi connectivity index (χ0v) is 18.3. The summed E-state index contributed by atoms with van der Waals surface area (Å²) in [5.41, 5.74) is 1.18. The minimum Gasteiger partial charge on any atom is -0.357 e. The van der Waals surface area contributed by atoms with E-state index in [9.17, 15) is 0 Å². The Morgan fingerprint density at radius 2 is 2.12 bits per heavy atom. The fourth-order valence-electron chi connectivity index (χ4n) is 2.83. The van der Waals surface area contributed by atoms with Crippen molar-refractivity contribution in [3.05, 3.63) is 23.0 Å². The lowest BCUT2D eigenvalue weighted by atomic mass is 10.4. The summed E-state index contributed by atoms with van der Waals surface area (Å²) in [5, 5.41) is 4.16. The molecule has 24 heavy (non-hydrogen) atoms. The van der Waals surface area contributed by atoms with Gasteiger partial charge in [-0.05, 0) is 32.4 Å². The Morgan fingerprint density at radius 3 is 2.62 bits per heavy atom. The number of likely N-dealkylation sites (N-methyl/N-ethyl adjacent to an activating group) is 1. The summed E-state index contributed by atoms with van der Waals surface area (Å²) in [6.45, 7) is 9.00. The Kier molecular flexibility index (Phi) is 9.44. The van der Waals surface area contributed by atoms with Gasteiger partial charge in [0.25, 0.3) is 0 Å². The van der Waals surface area contributed by atoms with Gasteiger partial charge in [-0.25, -0.2) is 0 Å². The molecule has 0 atom stereocenters. The number of rotatable bonds is 8. The summed E-state index contributed by atoms with van der Waals surface area (Å²) in [7, 11) is 4.09. The van der Waals surface area contributed by atoms with Crippen molar-refractivity contribution in [1.29, 1.82) is 0 Å². The molecule has 2 rings (SSSR count). The van der Waals surface area contributed by atoms with Gasteiger partial charge in [-0.3, -0.25) is 9.89 Å². The third-order valence-corrected chi connectivity index (χ3v) is 4.50. The van der Waals surface area contributed by atoms with Crippen LogP contribution in [0.15, 0.2) is 17.3 Å². The highest BCUT2D eigenvalue weighted by molar-refractivity contribution is 14.0. The number of aryl methyl sites for hydroxylation is 1. The van der Waals surface area contributed by atoms with Crippen molar-refractivity contribution in [2.24, 2.45) is 12.0 Å². The van der Waals surface area contributed by atoms with Crippen LogP contribution in [0.25, 0.3) is 0 Å². The Morgan fingerprint density at radius 1 is 1.42 bits per heavy atom. The zero-order valence-electron chi connectivity index (χ0n) is 15.3. The zero-order chi connectivity index (χ0) is 16.8. The molecule has 138 valence electrons. The maximum absolute atomic E-state index is 6.07. The van der Waals surface area contributed by atoms with Gasteiger partial charge < -0.3 is 14.8 Å². The number of halogens is 2. The number of hydrogen-bond acceptors (Lipinski definition) is 2. The molecule has 0 saturated heterocycles. The lowest BCUT2D eigenvalue weighted by molar-refractivity contribution is 0.285. The molecule has 1 fully saturated rings. The number of aliphatic imine (C=N–C) groups is 1. The number of nitrogens with one attached hydrogen (secondary N) is 1. The van der Waals surface area contributed by atoms with Crippen LogP contribution in [0.4, 0.5) is 0 Å². The maximum Gasteiger partial charge on any atom is 0.194 e. The molecule has 1 N–H and O–H groups in total. The first-order valence-corrected chi connectivity index (χ1v) is 8.97. The van der Waals surface area contributed by atoms with Gasteiger partial charge in [0.1, 0.15) is 0 Å². The van der Waals surface area contributed by atoms with Crippen LogP contribution < -0.4 is 5.32 Å². The Hall–Kier alpha value is -0.470. The third-order valence-electron chi connectivity index (χ3n) is 4.29. The first-order valence-electron chi connectivity index (χ1n) is 8.59. The van der Waals surface area contributed by atoms with E-state index in [-0.39, 0.29) is 24.0 Å². The first kappa shape index (κ1) is 21.6. The second-order valence-electron chi connectivity index (χ2n) is 6.21. The number of guanidine groups is 1. The van der Waals surface area contributed by atoms with Crippen molar-refractivity contribution < 1.29 is 0 Å². The molecule has 1 aromatic heterocycles. The Balaban J connectivity index is 0.00000288. The molecule has 0 spiro atoms. The van der Waals surface area contributed by atoms with Crippen LogP contribution in [0.2, 0.25) is 5.02 Å². The van der Waals surface area contributed by atoms with E-state index >= 15 is 0 Å². The molecule has 7 heteroatoms. The number of hydrogen-bond donors (Lipinski definition) is 1. The van der Waals surface area contributed by atoms with Gasteiger partial charge in [-0.1, -0.05) is 18.5 Å². The topological polar surface area (TPSA) is 35.8 Å². The average molecular weight is 468 g/mol. The van der Waals surface area contributed by atoms with Gasteiger partial charge in [0.2, 0.25) is 0 Å². The van der Waals surface area contributed by atoms with Gasteiger partial charge >= 0.3 is 0 Å². The molecule has 1 aliphatic rings. The monoisotopic (exact) mass is 467 g/mol. The SMILES string of the molecule is CCNC(=NCCN(CC)C1CC1)N(C)Cc1cc(Cl)cn1C.I. The smallest absolute Gasteiger partial charge is 0.194 e. The van der Waals surface area contributed by atoms with Crippen molar-refractivity contribution in [3.8, 4) is 0 Å². The van der Waals surface area contributed by atoms with Gasteiger partial charge in [0, 0.05) is 45.1 Å². The fourth-order valence-corrected chi connectivity index (χ4v) is 3.11. The number of aromatic nitrogens is 1. The molecule has 0 radical (unpaired) electrons. The van der Waals surface area contributed by atoms with Crippen molar-refractivity contribution in [3.63, 3.8) is 0 Å². The summed E-state index contributed by atoms with van der Waals surface area (Å²) in [5.74, 6) is 0.955. The highest BCUT2D eigenvalue weighted by Gasteiger charge is 2.27. The normalized spacial score (nSPS) is 14.7. The van der Waals surface area contributed by atoms with Gasteiger partial charge in [-0.15, -0.1) is 24.0 Å². The van der Waals surface area contributed by atoms with Crippen LogP contribution in [0, 0.1) is 0 Å². The van der Waals surface area contributed by atoms with Crippen LogP contribution >= 0.6 is 35.6 Å². The van der Waals surface area contributed by atoms with E-state index in [0.717, 1.165) is 49.7 Å².